The van der Waals surface area contributed by atoms with Crippen LogP contribution in [0.15, 0.2) is 47.9 Å². The van der Waals surface area contributed by atoms with Gasteiger partial charge in [-0.05, 0) is 19.1 Å². The maximum absolute atomic E-state index is 12.1. The number of nitrogens with zero attached hydrogens (tertiary/aromatic N) is 6. The van der Waals surface area contributed by atoms with Crippen LogP contribution >= 0.6 is 11.6 Å². The summed E-state index contributed by atoms with van der Waals surface area (Å²) in [4.78, 5) is 18.4. The number of imidazole rings is 1. The zero-order valence-electron chi connectivity index (χ0n) is 13.6. The second kappa shape index (κ2) is 6.45. The summed E-state index contributed by atoms with van der Waals surface area (Å²) < 4.78 is 3.42. The van der Waals surface area contributed by atoms with E-state index in [1.54, 1.807) is 29.4 Å². The number of hydrogen-bond acceptors (Lipinski definition) is 5. The van der Waals surface area contributed by atoms with Crippen LogP contribution in [0, 0.1) is 0 Å². The van der Waals surface area contributed by atoms with E-state index in [0.29, 0.717) is 16.4 Å². The van der Waals surface area contributed by atoms with Gasteiger partial charge >= 0.3 is 0 Å². The van der Waals surface area contributed by atoms with Gasteiger partial charge in [0.15, 0.2) is 0 Å². The molecule has 124 valence electrons. The third-order valence-electron chi connectivity index (χ3n) is 3.76. The monoisotopic (exact) mass is 344 g/mol. The Morgan fingerprint density at radius 3 is 2.75 bits per heavy atom. The van der Waals surface area contributed by atoms with E-state index < -0.39 is 0 Å². The molecular weight excluding hydrogens is 328 g/mol. The lowest BCUT2D eigenvalue weighted by molar-refractivity contribution is 0.456. The minimum absolute atomic E-state index is 0.167. The smallest absolute Gasteiger partial charge is 0.253 e. The first kappa shape index (κ1) is 16.2. The zero-order valence-corrected chi connectivity index (χ0v) is 14.3. The van der Waals surface area contributed by atoms with Crippen molar-refractivity contribution in [2.45, 2.75) is 13.1 Å². The molecule has 1 unspecified atom stereocenters. The third kappa shape index (κ3) is 3.16. The van der Waals surface area contributed by atoms with E-state index in [1.807, 2.05) is 42.7 Å². The van der Waals surface area contributed by atoms with Gasteiger partial charge in [0, 0.05) is 37.6 Å². The molecule has 0 spiro atoms. The van der Waals surface area contributed by atoms with Crippen LogP contribution in [0.25, 0.3) is 11.4 Å². The van der Waals surface area contributed by atoms with Gasteiger partial charge in [0.1, 0.15) is 17.6 Å². The molecule has 0 aliphatic rings. The van der Waals surface area contributed by atoms with E-state index >= 15 is 0 Å². The molecule has 0 aliphatic carbocycles. The molecule has 0 amide bonds. The number of anilines is 1. The average Bonchev–Trinajstić information content (AvgIpc) is 3.04. The lowest BCUT2D eigenvalue weighted by Crippen LogP contribution is -2.25. The summed E-state index contributed by atoms with van der Waals surface area (Å²) in [5, 5.41) is 8.56. The Balaban J connectivity index is 1.93. The maximum atomic E-state index is 12.1. The first-order chi connectivity index (χ1) is 11.5. The van der Waals surface area contributed by atoms with E-state index in [1.165, 1.54) is 6.07 Å². The Morgan fingerprint density at radius 1 is 1.25 bits per heavy atom. The van der Waals surface area contributed by atoms with Crippen molar-refractivity contribution < 1.29 is 0 Å². The summed E-state index contributed by atoms with van der Waals surface area (Å²) >= 11 is 5.84. The topological polar surface area (TPSA) is 68.8 Å². The SMILES string of the molecule is CC(n1cnc(-c2cc(N(C)C)cnn2)c1)n1ccc(Cl)cc1=O. The van der Waals surface area contributed by atoms with Crippen molar-refractivity contribution in [3.63, 3.8) is 0 Å². The van der Waals surface area contributed by atoms with Crippen molar-refractivity contribution in [1.82, 2.24) is 24.3 Å². The first-order valence-electron chi connectivity index (χ1n) is 7.37. The normalized spacial score (nSPS) is 12.2. The molecule has 0 aromatic carbocycles. The molecule has 0 saturated heterocycles. The fourth-order valence-corrected chi connectivity index (χ4v) is 2.47. The average molecular weight is 345 g/mol. The van der Waals surface area contributed by atoms with Gasteiger partial charge in [-0.2, -0.15) is 5.10 Å². The van der Waals surface area contributed by atoms with E-state index in [2.05, 4.69) is 15.2 Å². The summed E-state index contributed by atoms with van der Waals surface area (Å²) in [6, 6.07) is 4.99. The highest BCUT2D eigenvalue weighted by atomic mass is 35.5. The van der Waals surface area contributed by atoms with Crippen LogP contribution in [0.1, 0.15) is 13.1 Å². The van der Waals surface area contributed by atoms with Crippen molar-refractivity contribution in [3.05, 3.63) is 58.5 Å². The maximum Gasteiger partial charge on any atom is 0.253 e. The molecule has 3 aromatic rings. The highest BCUT2D eigenvalue weighted by Gasteiger charge is 2.12. The molecule has 0 radical (unpaired) electrons. The molecular formula is C16H17ClN6O. The van der Waals surface area contributed by atoms with Crippen LogP contribution in [0.4, 0.5) is 5.69 Å². The summed E-state index contributed by atoms with van der Waals surface area (Å²) in [7, 11) is 3.88. The fourth-order valence-electron chi connectivity index (χ4n) is 2.32. The summed E-state index contributed by atoms with van der Waals surface area (Å²) in [5.41, 5.74) is 2.15. The Labute approximate surface area is 144 Å². The van der Waals surface area contributed by atoms with Crippen LogP contribution in [-0.4, -0.2) is 38.4 Å². The molecule has 0 fully saturated rings. The van der Waals surface area contributed by atoms with Gasteiger partial charge in [-0.15, -0.1) is 5.10 Å². The predicted molar refractivity (Wildman–Crippen MR) is 93.4 cm³/mol. The fraction of sp³-hybridized carbons (Fsp3) is 0.250. The lowest BCUT2D eigenvalue weighted by atomic mass is 10.3. The number of hydrogen-bond donors (Lipinski definition) is 0. The van der Waals surface area contributed by atoms with Gasteiger partial charge in [-0.1, -0.05) is 11.6 Å². The predicted octanol–water partition coefficient (Wildman–Crippen LogP) is 2.29. The molecule has 7 nitrogen and oxygen atoms in total. The Hall–Kier alpha value is -2.67. The van der Waals surface area contributed by atoms with Gasteiger partial charge in [-0.3, -0.25) is 9.36 Å². The van der Waals surface area contributed by atoms with Crippen molar-refractivity contribution in [2.75, 3.05) is 19.0 Å². The highest BCUT2D eigenvalue weighted by molar-refractivity contribution is 6.30. The largest absolute Gasteiger partial charge is 0.376 e. The van der Waals surface area contributed by atoms with Crippen LogP contribution in [-0.2, 0) is 0 Å². The van der Waals surface area contributed by atoms with Gasteiger partial charge in [0.25, 0.3) is 5.56 Å². The van der Waals surface area contributed by atoms with Crippen molar-refractivity contribution >= 4 is 17.3 Å². The molecule has 3 aromatic heterocycles. The second-order valence-electron chi connectivity index (χ2n) is 5.62. The molecule has 0 N–H and O–H groups in total. The van der Waals surface area contributed by atoms with Crippen molar-refractivity contribution in [1.29, 1.82) is 0 Å². The molecule has 24 heavy (non-hydrogen) atoms. The van der Waals surface area contributed by atoms with Crippen LogP contribution in [0.2, 0.25) is 5.02 Å². The lowest BCUT2D eigenvalue weighted by Gasteiger charge is -2.16. The van der Waals surface area contributed by atoms with E-state index in [-0.39, 0.29) is 11.7 Å². The van der Waals surface area contributed by atoms with Gasteiger partial charge in [-0.25, -0.2) is 4.98 Å². The van der Waals surface area contributed by atoms with E-state index in [4.69, 9.17) is 11.6 Å². The summed E-state index contributed by atoms with van der Waals surface area (Å²) in [6.45, 7) is 1.91. The molecule has 0 saturated carbocycles. The third-order valence-corrected chi connectivity index (χ3v) is 4.00. The molecule has 3 rings (SSSR count). The van der Waals surface area contributed by atoms with Gasteiger partial charge in [0.2, 0.25) is 0 Å². The zero-order chi connectivity index (χ0) is 17.3. The van der Waals surface area contributed by atoms with E-state index in [9.17, 15) is 4.79 Å². The Bertz CT molecular complexity index is 917. The molecule has 3 heterocycles. The van der Waals surface area contributed by atoms with Crippen molar-refractivity contribution in [2.24, 2.45) is 0 Å². The minimum Gasteiger partial charge on any atom is -0.376 e. The number of aromatic nitrogens is 5. The summed E-state index contributed by atoms with van der Waals surface area (Å²) in [5.74, 6) is 0. The molecule has 0 aliphatic heterocycles. The van der Waals surface area contributed by atoms with E-state index in [0.717, 1.165) is 5.69 Å². The van der Waals surface area contributed by atoms with Gasteiger partial charge in [0.05, 0.1) is 18.2 Å². The van der Waals surface area contributed by atoms with Gasteiger partial charge < -0.3 is 9.47 Å². The molecule has 1 atom stereocenters. The van der Waals surface area contributed by atoms with Crippen LogP contribution in [0.3, 0.4) is 0 Å². The van der Waals surface area contributed by atoms with Crippen LogP contribution in [0.5, 0.6) is 0 Å². The summed E-state index contributed by atoms with van der Waals surface area (Å²) in [6.07, 6.45) is 6.64. The molecule has 0 bridgehead atoms. The minimum atomic E-state index is -0.235. The Morgan fingerprint density at radius 2 is 2.04 bits per heavy atom. The molecule has 8 heteroatoms. The number of rotatable bonds is 4. The number of halogens is 1. The van der Waals surface area contributed by atoms with Crippen LogP contribution < -0.4 is 10.5 Å². The highest BCUT2D eigenvalue weighted by Crippen LogP contribution is 2.20. The quantitative estimate of drug-likeness (QED) is 0.726. The van der Waals surface area contributed by atoms with Crippen molar-refractivity contribution in [3.8, 4) is 11.4 Å². The Kier molecular flexibility index (Phi) is 4.35. The first-order valence-corrected chi connectivity index (χ1v) is 7.75. The number of pyridine rings is 1. The second-order valence-corrected chi connectivity index (χ2v) is 6.06. The standard InChI is InChI=1S/C16H17ClN6O/c1-11(23-5-4-12(17)6-16(23)24)22-9-15(18-10-22)14-7-13(21(2)3)8-19-20-14/h4-11H,1-3H3.